The summed E-state index contributed by atoms with van der Waals surface area (Å²) in [5.41, 5.74) is 1.42. The highest BCUT2D eigenvalue weighted by Gasteiger charge is 2.15. The molecule has 0 saturated carbocycles. The molecule has 1 aromatic carbocycles. The zero-order chi connectivity index (χ0) is 15.9. The molecule has 0 spiro atoms. The van der Waals surface area contributed by atoms with E-state index in [0.717, 1.165) is 17.7 Å². The van der Waals surface area contributed by atoms with Crippen LogP contribution in [0.3, 0.4) is 0 Å². The maximum absolute atomic E-state index is 11.4. The Morgan fingerprint density at radius 3 is 2.24 bits per heavy atom. The lowest BCUT2D eigenvalue weighted by Gasteiger charge is -2.12. The van der Waals surface area contributed by atoms with Gasteiger partial charge in [0.1, 0.15) is 5.75 Å². The molecule has 1 aromatic rings. The van der Waals surface area contributed by atoms with Gasteiger partial charge >= 0.3 is 0 Å². The lowest BCUT2D eigenvalue weighted by atomic mass is 10.1. The first-order valence-corrected chi connectivity index (χ1v) is 9.86. The number of ether oxygens (including phenoxy) is 1. The van der Waals surface area contributed by atoms with Gasteiger partial charge in [-0.05, 0) is 43.5 Å². The topological polar surface area (TPSA) is 43.4 Å². The molecule has 21 heavy (non-hydrogen) atoms. The minimum atomic E-state index is -3.69. The molecule has 1 rings (SSSR count). The summed E-state index contributed by atoms with van der Waals surface area (Å²) in [7, 11) is 1.71. The van der Waals surface area contributed by atoms with Crippen molar-refractivity contribution in [3.63, 3.8) is 0 Å². The molecule has 0 radical (unpaired) electrons. The van der Waals surface area contributed by atoms with Crippen LogP contribution in [0.1, 0.15) is 56.6 Å². The van der Waals surface area contributed by atoms with Gasteiger partial charge in [0.25, 0.3) is 9.05 Å². The van der Waals surface area contributed by atoms with Crippen LogP contribution in [0.2, 0.25) is 0 Å². The Hall–Kier alpha value is -0.740. The van der Waals surface area contributed by atoms with Crippen molar-refractivity contribution in [1.82, 2.24) is 0 Å². The second-order valence-corrected chi connectivity index (χ2v) is 7.97. The summed E-state index contributed by atoms with van der Waals surface area (Å²) in [6, 6.07) is 3.33. The summed E-state index contributed by atoms with van der Waals surface area (Å²) >= 11 is 0. The summed E-state index contributed by atoms with van der Waals surface area (Å²) in [5.74, 6) is 0.741. The third-order valence-corrected chi connectivity index (χ3v) is 4.95. The van der Waals surface area contributed by atoms with Crippen LogP contribution in [0, 0.1) is 13.8 Å². The number of hydrogen-bond donors (Lipinski definition) is 0. The van der Waals surface area contributed by atoms with E-state index in [2.05, 4.69) is 6.92 Å². The van der Waals surface area contributed by atoms with Gasteiger partial charge in [0, 0.05) is 10.7 Å². The number of hydrogen-bond acceptors (Lipinski definition) is 3. The summed E-state index contributed by atoms with van der Waals surface area (Å²) in [6.45, 7) is 6.44. The number of benzene rings is 1. The van der Waals surface area contributed by atoms with Gasteiger partial charge in [-0.25, -0.2) is 8.42 Å². The minimum Gasteiger partial charge on any atom is -0.493 e. The molecule has 0 N–H and O–H groups in total. The molecule has 120 valence electrons. The SMILES string of the molecule is CCCCCCCCOc1cc(C)c(S(=O)(=O)Cl)cc1C. The van der Waals surface area contributed by atoms with Gasteiger partial charge in [-0.1, -0.05) is 39.0 Å². The fourth-order valence-electron chi connectivity index (χ4n) is 2.25. The maximum Gasteiger partial charge on any atom is 0.261 e. The molecule has 0 aliphatic heterocycles. The average Bonchev–Trinajstić information content (AvgIpc) is 2.39. The highest BCUT2D eigenvalue weighted by molar-refractivity contribution is 8.13. The lowest BCUT2D eigenvalue weighted by Crippen LogP contribution is -2.02. The molecule has 5 heteroatoms. The molecule has 0 saturated heterocycles. The van der Waals surface area contributed by atoms with Crippen LogP contribution in [0.4, 0.5) is 0 Å². The average molecular weight is 333 g/mol. The van der Waals surface area contributed by atoms with E-state index in [0.29, 0.717) is 12.2 Å². The van der Waals surface area contributed by atoms with E-state index in [1.54, 1.807) is 19.1 Å². The molecule has 0 fully saturated rings. The first kappa shape index (κ1) is 18.3. The third kappa shape index (κ3) is 6.27. The first-order valence-electron chi connectivity index (χ1n) is 7.55. The molecule has 0 atom stereocenters. The molecule has 0 heterocycles. The fourth-order valence-corrected chi connectivity index (χ4v) is 3.51. The molecule has 0 amide bonds. The Kier molecular flexibility index (Phi) is 7.53. The third-order valence-electron chi connectivity index (χ3n) is 3.49. The lowest BCUT2D eigenvalue weighted by molar-refractivity contribution is 0.302. The van der Waals surface area contributed by atoms with E-state index in [1.807, 2.05) is 6.92 Å². The second kappa shape index (κ2) is 8.64. The Bertz CT molecular complexity index is 553. The van der Waals surface area contributed by atoms with Crippen molar-refractivity contribution in [3.8, 4) is 5.75 Å². The number of rotatable bonds is 9. The van der Waals surface area contributed by atoms with Crippen LogP contribution in [0.15, 0.2) is 17.0 Å². The van der Waals surface area contributed by atoms with E-state index in [4.69, 9.17) is 15.4 Å². The maximum atomic E-state index is 11.4. The van der Waals surface area contributed by atoms with Crippen molar-refractivity contribution in [1.29, 1.82) is 0 Å². The van der Waals surface area contributed by atoms with E-state index >= 15 is 0 Å². The predicted octanol–water partition coefficient (Wildman–Crippen LogP) is 4.97. The predicted molar refractivity (Wildman–Crippen MR) is 87.8 cm³/mol. The smallest absolute Gasteiger partial charge is 0.261 e. The van der Waals surface area contributed by atoms with E-state index < -0.39 is 9.05 Å². The van der Waals surface area contributed by atoms with Crippen molar-refractivity contribution in [2.45, 2.75) is 64.2 Å². The largest absolute Gasteiger partial charge is 0.493 e. The zero-order valence-electron chi connectivity index (χ0n) is 13.1. The van der Waals surface area contributed by atoms with E-state index in [1.165, 1.54) is 32.1 Å². The van der Waals surface area contributed by atoms with Crippen LogP contribution < -0.4 is 4.74 Å². The molecular weight excluding hydrogens is 308 g/mol. The van der Waals surface area contributed by atoms with Crippen LogP contribution in [0.5, 0.6) is 5.75 Å². The first-order chi connectivity index (χ1) is 9.86. The number of halogens is 1. The second-order valence-electron chi connectivity index (χ2n) is 5.44. The molecule has 0 unspecified atom stereocenters. The van der Waals surface area contributed by atoms with Crippen LogP contribution in [-0.2, 0) is 9.05 Å². The Labute approximate surface area is 133 Å². The van der Waals surface area contributed by atoms with Gasteiger partial charge in [-0.3, -0.25) is 0 Å². The van der Waals surface area contributed by atoms with Crippen molar-refractivity contribution >= 4 is 19.7 Å². The zero-order valence-corrected chi connectivity index (χ0v) is 14.7. The monoisotopic (exact) mass is 332 g/mol. The molecular formula is C16H25ClO3S. The van der Waals surface area contributed by atoms with Gasteiger partial charge in [0.15, 0.2) is 0 Å². The van der Waals surface area contributed by atoms with Gasteiger partial charge in [0.05, 0.1) is 11.5 Å². The normalized spacial score (nSPS) is 11.6. The summed E-state index contributed by atoms with van der Waals surface area (Å²) in [6.07, 6.45) is 7.29. The Balaban J connectivity index is 2.52. The van der Waals surface area contributed by atoms with E-state index in [9.17, 15) is 8.42 Å². The van der Waals surface area contributed by atoms with Crippen LogP contribution in [0.25, 0.3) is 0 Å². The Morgan fingerprint density at radius 2 is 1.62 bits per heavy atom. The Morgan fingerprint density at radius 1 is 1.00 bits per heavy atom. The fraction of sp³-hybridized carbons (Fsp3) is 0.625. The molecule has 0 aliphatic carbocycles. The van der Waals surface area contributed by atoms with E-state index in [-0.39, 0.29) is 4.90 Å². The van der Waals surface area contributed by atoms with Gasteiger partial charge in [-0.15, -0.1) is 0 Å². The minimum absolute atomic E-state index is 0.161. The van der Waals surface area contributed by atoms with Gasteiger partial charge in [-0.2, -0.15) is 0 Å². The highest BCUT2D eigenvalue weighted by atomic mass is 35.7. The van der Waals surface area contributed by atoms with Gasteiger partial charge < -0.3 is 4.74 Å². The molecule has 0 bridgehead atoms. The summed E-state index contributed by atoms with van der Waals surface area (Å²) < 4.78 is 28.6. The van der Waals surface area contributed by atoms with Crippen molar-refractivity contribution < 1.29 is 13.2 Å². The molecule has 3 nitrogen and oxygen atoms in total. The van der Waals surface area contributed by atoms with Crippen LogP contribution in [-0.4, -0.2) is 15.0 Å². The quantitative estimate of drug-likeness (QED) is 0.473. The summed E-state index contributed by atoms with van der Waals surface area (Å²) in [5, 5.41) is 0. The number of unbranched alkanes of at least 4 members (excludes halogenated alkanes) is 5. The van der Waals surface area contributed by atoms with Crippen molar-refractivity contribution in [3.05, 3.63) is 23.3 Å². The van der Waals surface area contributed by atoms with Gasteiger partial charge in [0.2, 0.25) is 0 Å². The molecule has 0 aromatic heterocycles. The van der Waals surface area contributed by atoms with Crippen molar-refractivity contribution in [2.24, 2.45) is 0 Å². The number of aryl methyl sites for hydroxylation is 2. The molecule has 0 aliphatic rings. The standard InChI is InChI=1S/C16H25ClO3S/c1-4-5-6-7-8-9-10-20-15-11-14(3)16(12-13(15)2)21(17,18)19/h11-12H,4-10H2,1-3H3. The van der Waals surface area contributed by atoms with Crippen molar-refractivity contribution in [2.75, 3.05) is 6.61 Å². The highest BCUT2D eigenvalue weighted by Crippen LogP contribution is 2.28. The summed E-state index contributed by atoms with van der Waals surface area (Å²) in [4.78, 5) is 0.161. The van der Waals surface area contributed by atoms with Crippen LogP contribution >= 0.6 is 10.7 Å².